The predicted molar refractivity (Wildman–Crippen MR) is 62.7 cm³/mol. The summed E-state index contributed by atoms with van der Waals surface area (Å²) in [6, 6.07) is 6.95. The number of hydrogen-bond acceptors (Lipinski definition) is 3. The van der Waals surface area contributed by atoms with E-state index >= 15 is 0 Å². The quantitative estimate of drug-likeness (QED) is 0.926. The number of hydrogen-bond donors (Lipinski definition) is 1. The molecule has 1 aromatic carbocycles. The third-order valence-electron chi connectivity index (χ3n) is 2.10. The zero-order chi connectivity index (χ0) is 13.1. The fourth-order valence-electron chi connectivity index (χ4n) is 1.25. The third kappa shape index (κ3) is 2.57. The number of benzene rings is 1. The Hall–Kier alpha value is -2.14. The molecule has 0 atom stereocenters. The van der Waals surface area contributed by atoms with E-state index in [2.05, 4.69) is 4.98 Å². The van der Waals surface area contributed by atoms with Crippen molar-refractivity contribution in [3.63, 3.8) is 0 Å². The Morgan fingerprint density at radius 3 is 2.72 bits per heavy atom. The minimum atomic E-state index is -1.15. The summed E-state index contributed by atoms with van der Waals surface area (Å²) in [7, 11) is 0. The van der Waals surface area contributed by atoms with Crippen molar-refractivity contribution in [1.29, 1.82) is 0 Å². The molecule has 2 aromatic rings. The molecule has 4 nitrogen and oxygen atoms in total. The molecule has 0 aliphatic rings. The topological polar surface area (TPSA) is 59.4 Å². The minimum Gasteiger partial charge on any atom is -0.478 e. The van der Waals surface area contributed by atoms with Gasteiger partial charge in [0.2, 0.25) is 5.88 Å². The van der Waals surface area contributed by atoms with Crippen LogP contribution in [0.15, 0.2) is 36.5 Å². The molecule has 0 amide bonds. The second kappa shape index (κ2) is 5.01. The van der Waals surface area contributed by atoms with Crippen molar-refractivity contribution in [2.45, 2.75) is 0 Å². The summed E-state index contributed by atoms with van der Waals surface area (Å²) < 4.78 is 18.5. The van der Waals surface area contributed by atoms with Crippen molar-refractivity contribution in [3.8, 4) is 11.6 Å². The Balaban J connectivity index is 2.30. The maximum Gasteiger partial charge on any atom is 0.337 e. The van der Waals surface area contributed by atoms with Crippen molar-refractivity contribution in [2.24, 2.45) is 0 Å². The molecule has 0 radical (unpaired) electrons. The third-order valence-corrected chi connectivity index (χ3v) is 2.37. The zero-order valence-corrected chi connectivity index (χ0v) is 9.69. The molecule has 2 rings (SSSR count). The van der Waals surface area contributed by atoms with Gasteiger partial charge in [0.05, 0.1) is 5.56 Å². The van der Waals surface area contributed by atoms with E-state index in [1.54, 1.807) is 6.07 Å². The highest BCUT2D eigenvalue weighted by Crippen LogP contribution is 2.28. The van der Waals surface area contributed by atoms with Crippen LogP contribution < -0.4 is 4.74 Å². The number of para-hydroxylation sites is 1. The van der Waals surface area contributed by atoms with Gasteiger partial charge in [-0.05, 0) is 18.2 Å². The average Bonchev–Trinajstić information content (AvgIpc) is 2.34. The lowest BCUT2D eigenvalue weighted by Crippen LogP contribution is -1.99. The van der Waals surface area contributed by atoms with Crippen LogP contribution in [0.3, 0.4) is 0 Å². The molecule has 0 spiro atoms. The fraction of sp³-hybridized carbons (Fsp3) is 0. The number of halogens is 2. The molecule has 1 N–H and O–H groups in total. The Labute approximate surface area is 107 Å². The summed E-state index contributed by atoms with van der Waals surface area (Å²) in [5.74, 6) is -1.79. The van der Waals surface area contributed by atoms with Gasteiger partial charge in [0.25, 0.3) is 0 Å². The molecule has 1 heterocycles. The first kappa shape index (κ1) is 12.3. The van der Waals surface area contributed by atoms with Crippen LogP contribution in [0.4, 0.5) is 4.39 Å². The van der Waals surface area contributed by atoms with Crippen molar-refractivity contribution in [1.82, 2.24) is 4.98 Å². The first-order valence-electron chi connectivity index (χ1n) is 4.89. The minimum absolute atomic E-state index is 0.00171. The number of pyridine rings is 1. The molecule has 1 aromatic heterocycles. The first-order valence-corrected chi connectivity index (χ1v) is 5.27. The lowest BCUT2D eigenvalue weighted by Gasteiger charge is -2.07. The number of nitrogens with zero attached hydrogens (tertiary/aromatic N) is 1. The highest BCUT2D eigenvalue weighted by molar-refractivity contribution is 6.32. The highest BCUT2D eigenvalue weighted by atomic mass is 35.5. The van der Waals surface area contributed by atoms with Crippen LogP contribution >= 0.6 is 11.6 Å². The molecule has 18 heavy (non-hydrogen) atoms. The molecular weight excluding hydrogens is 261 g/mol. The predicted octanol–water partition coefficient (Wildman–Crippen LogP) is 3.36. The Kier molecular flexibility index (Phi) is 3.43. The number of carboxylic acids is 1. The van der Waals surface area contributed by atoms with Gasteiger partial charge >= 0.3 is 5.97 Å². The summed E-state index contributed by atoms with van der Waals surface area (Å²) in [5, 5.41) is 8.73. The van der Waals surface area contributed by atoms with E-state index < -0.39 is 11.8 Å². The van der Waals surface area contributed by atoms with Crippen LogP contribution in [-0.2, 0) is 0 Å². The largest absolute Gasteiger partial charge is 0.478 e. The summed E-state index contributed by atoms with van der Waals surface area (Å²) >= 11 is 5.80. The van der Waals surface area contributed by atoms with Gasteiger partial charge in [-0.3, -0.25) is 0 Å². The average molecular weight is 268 g/mol. The first-order chi connectivity index (χ1) is 8.58. The molecule has 0 aliphatic heterocycles. The lowest BCUT2D eigenvalue weighted by molar-refractivity contribution is 0.0696. The van der Waals surface area contributed by atoms with E-state index in [0.29, 0.717) is 0 Å². The Morgan fingerprint density at radius 2 is 2.11 bits per heavy atom. The molecule has 0 saturated heterocycles. The van der Waals surface area contributed by atoms with E-state index in [1.165, 1.54) is 24.3 Å². The smallest absolute Gasteiger partial charge is 0.337 e. The maximum atomic E-state index is 13.3. The number of aromatic nitrogens is 1. The molecule has 0 saturated carbocycles. The van der Waals surface area contributed by atoms with E-state index in [1.807, 2.05) is 0 Å². The van der Waals surface area contributed by atoms with Gasteiger partial charge in [-0.15, -0.1) is 0 Å². The summed E-state index contributed by atoms with van der Waals surface area (Å²) in [5.41, 5.74) is -0.0686. The number of aromatic carboxylic acids is 1. The van der Waals surface area contributed by atoms with E-state index in [4.69, 9.17) is 21.4 Å². The molecule has 6 heteroatoms. The summed E-state index contributed by atoms with van der Waals surface area (Å²) in [6.45, 7) is 0. The van der Waals surface area contributed by atoms with Crippen molar-refractivity contribution in [2.75, 3.05) is 0 Å². The van der Waals surface area contributed by atoms with Crippen LogP contribution in [0.5, 0.6) is 11.6 Å². The molecular formula is C12H7ClFNO3. The number of rotatable bonds is 3. The monoisotopic (exact) mass is 267 g/mol. The van der Waals surface area contributed by atoms with Gasteiger partial charge in [-0.1, -0.05) is 23.7 Å². The van der Waals surface area contributed by atoms with Crippen molar-refractivity contribution >= 4 is 17.6 Å². The van der Waals surface area contributed by atoms with Gasteiger partial charge in [0, 0.05) is 6.20 Å². The fourth-order valence-corrected chi connectivity index (χ4v) is 1.45. The van der Waals surface area contributed by atoms with Crippen LogP contribution in [-0.4, -0.2) is 16.1 Å². The van der Waals surface area contributed by atoms with E-state index in [-0.39, 0.29) is 22.2 Å². The Bertz CT molecular complexity index is 604. The number of carbonyl (C=O) groups is 1. The van der Waals surface area contributed by atoms with Crippen molar-refractivity contribution in [3.05, 3.63) is 52.9 Å². The van der Waals surface area contributed by atoms with Gasteiger partial charge in [-0.2, -0.15) is 0 Å². The lowest BCUT2D eigenvalue weighted by atomic mass is 10.3. The SMILES string of the molecule is O=C(O)c1cnc(Oc2ccccc2F)c(Cl)c1. The summed E-state index contributed by atoms with van der Waals surface area (Å²) in [4.78, 5) is 14.4. The normalized spacial score (nSPS) is 10.1. The Morgan fingerprint density at radius 1 is 1.39 bits per heavy atom. The van der Waals surface area contributed by atoms with Crippen LogP contribution in [0.1, 0.15) is 10.4 Å². The van der Waals surface area contributed by atoms with Gasteiger partial charge in [-0.25, -0.2) is 14.2 Å². The molecule has 0 aliphatic carbocycles. The maximum absolute atomic E-state index is 13.3. The van der Waals surface area contributed by atoms with Crippen LogP contribution in [0.25, 0.3) is 0 Å². The van der Waals surface area contributed by atoms with Gasteiger partial charge in [0.1, 0.15) is 5.02 Å². The highest BCUT2D eigenvalue weighted by Gasteiger charge is 2.11. The van der Waals surface area contributed by atoms with Gasteiger partial charge in [0.15, 0.2) is 11.6 Å². The zero-order valence-electron chi connectivity index (χ0n) is 8.93. The molecule has 92 valence electrons. The number of ether oxygens (including phenoxy) is 1. The molecule has 0 unspecified atom stereocenters. The van der Waals surface area contributed by atoms with Gasteiger partial charge < -0.3 is 9.84 Å². The van der Waals surface area contributed by atoms with E-state index in [0.717, 1.165) is 6.20 Å². The van der Waals surface area contributed by atoms with Crippen LogP contribution in [0, 0.1) is 5.82 Å². The second-order valence-electron chi connectivity index (χ2n) is 3.35. The van der Waals surface area contributed by atoms with E-state index in [9.17, 15) is 9.18 Å². The second-order valence-corrected chi connectivity index (χ2v) is 3.76. The molecule has 0 bridgehead atoms. The molecule has 0 fully saturated rings. The van der Waals surface area contributed by atoms with Crippen LogP contribution in [0.2, 0.25) is 5.02 Å². The van der Waals surface area contributed by atoms with Crippen molar-refractivity contribution < 1.29 is 19.0 Å². The summed E-state index contributed by atoms with van der Waals surface area (Å²) in [6.07, 6.45) is 1.09. The number of carboxylic acid groups (broad SMARTS) is 1. The standard InChI is InChI=1S/C12H7ClFNO3/c13-8-5-7(12(16)17)6-15-11(8)18-10-4-2-1-3-9(10)14/h1-6H,(H,16,17).